The molecule has 3 rings (SSSR count). The maximum Gasteiger partial charge on any atom is 0.0237 e. The summed E-state index contributed by atoms with van der Waals surface area (Å²) in [7, 11) is 4.36. The molecule has 0 bridgehead atoms. The van der Waals surface area contributed by atoms with Crippen molar-refractivity contribution in [1.82, 2.24) is 9.80 Å². The molecule has 2 aromatic carbocycles. The van der Waals surface area contributed by atoms with Gasteiger partial charge >= 0.3 is 0 Å². The molecule has 0 spiro atoms. The first kappa shape index (κ1) is 16.1. The Kier molecular flexibility index (Phi) is 5.61. The topological polar surface area (TPSA) is 6.48 Å². The fraction of sp³-hybridized carbons (Fsp3) is 0.333. The van der Waals surface area contributed by atoms with Crippen molar-refractivity contribution >= 4 is 26.5 Å². The van der Waals surface area contributed by atoms with Gasteiger partial charge in [-0.15, -0.1) is 0 Å². The van der Waals surface area contributed by atoms with Gasteiger partial charge in [0, 0.05) is 25.1 Å². The molecule has 116 valence electrons. The van der Waals surface area contributed by atoms with Gasteiger partial charge in [0.1, 0.15) is 0 Å². The van der Waals surface area contributed by atoms with Gasteiger partial charge in [0.15, 0.2) is 0 Å². The average Bonchev–Trinajstić information content (AvgIpc) is 2.54. The Morgan fingerprint density at radius 1 is 0.591 bits per heavy atom. The maximum atomic E-state index is 2.56. The van der Waals surface area contributed by atoms with Gasteiger partial charge in [-0.1, -0.05) is 60.7 Å². The minimum Gasteiger partial charge on any atom is -0.297 e. The van der Waals surface area contributed by atoms with Crippen molar-refractivity contribution in [1.29, 1.82) is 0 Å². The Labute approximate surface area is 136 Å². The number of hydrogen-bond acceptors (Lipinski definition) is 2. The lowest BCUT2D eigenvalue weighted by molar-refractivity contribution is 0.418. The maximum absolute atomic E-state index is 2.56. The van der Waals surface area contributed by atoms with Gasteiger partial charge in [-0.25, -0.2) is 0 Å². The summed E-state index contributed by atoms with van der Waals surface area (Å²) < 4.78 is 0. The molecule has 1 saturated heterocycles. The second-order valence-electron chi connectivity index (χ2n) is 6.03. The molecule has 1 aliphatic heterocycles. The van der Waals surface area contributed by atoms with Crippen LogP contribution in [-0.4, -0.2) is 49.0 Å². The lowest BCUT2D eigenvalue weighted by Crippen LogP contribution is -2.34. The largest absolute Gasteiger partial charge is 0.297 e. The van der Waals surface area contributed by atoms with E-state index in [1.807, 2.05) is 0 Å². The van der Waals surface area contributed by atoms with Crippen LogP contribution < -0.4 is 10.6 Å². The van der Waals surface area contributed by atoms with Gasteiger partial charge < -0.3 is 0 Å². The van der Waals surface area contributed by atoms with Crippen molar-refractivity contribution in [3.63, 3.8) is 0 Å². The van der Waals surface area contributed by atoms with Crippen LogP contribution in [0.25, 0.3) is 0 Å². The Morgan fingerprint density at radius 2 is 0.909 bits per heavy atom. The Hall–Kier alpha value is -0.780. The summed E-state index contributed by atoms with van der Waals surface area (Å²) in [5.74, 6) is 0. The van der Waals surface area contributed by atoms with Gasteiger partial charge in [-0.05, 0) is 40.5 Å². The number of nitrogens with zero attached hydrogens (tertiary/aromatic N) is 2. The van der Waals surface area contributed by atoms with E-state index in [1.165, 1.54) is 35.8 Å². The second kappa shape index (κ2) is 7.66. The SMILES string of the molecule is CN1CP(c2ccccc2)CN(C)CP(c2ccccc2)C1. The molecule has 0 N–H and O–H groups in total. The van der Waals surface area contributed by atoms with Crippen LogP contribution in [0.4, 0.5) is 0 Å². The monoisotopic (exact) mass is 330 g/mol. The van der Waals surface area contributed by atoms with E-state index in [0.717, 1.165) is 0 Å². The summed E-state index contributed by atoms with van der Waals surface area (Å²) in [5.41, 5.74) is 0. The van der Waals surface area contributed by atoms with Crippen LogP contribution in [0.2, 0.25) is 0 Å². The fourth-order valence-corrected chi connectivity index (χ4v) is 8.02. The number of benzene rings is 2. The van der Waals surface area contributed by atoms with Crippen molar-refractivity contribution < 1.29 is 0 Å². The first-order valence-electron chi connectivity index (χ1n) is 7.69. The lowest BCUT2D eigenvalue weighted by atomic mass is 10.4. The van der Waals surface area contributed by atoms with Crippen molar-refractivity contribution in [2.24, 2.45) is 0 Å². The normalized spacial score (nSPS) is 24.6. The lowest BCUT2D eigenvalue weighted by Gasteiger charge is -2.36. The molecule has 0 saturated carbocycles. The van der Waals surface area contributed by atoms with E-state index in [4.69, 9.17) is 0 Å². The third-order valence-corrected chi connectivity index (χ3v) is 9.25. The third-order valence-electron chi connectivity index (χ3n) is 3.89. The average molecular weight is 330 g/mol. The highest BCUT2D eigenvalue weighted by atomic mass is 31.1. The fourth-order valence-electron chi connectivity index (χ4n) is 2.95. The minimum atomic E-state index is -0.115. The Morgan fingerprint density at radius 3 is 1.23 bits per heavy atom. The molecule has 0 radical (unpaired) electrons. The first-order chi connectivity index (χ1) is 10.7. The first-order valence-corrected chi connectivity index (χ1v) is 11.1. The third kappa shape index (κ3) is 4.15. The summed E-state index contributed by atoms with van der Waals surface area (Å²) in [4.78, 5) is 5.12. The Balaban J connectivity index is 1.75. The summed E-state index contributed by atoms with van der Waals surface area (Å²) in [6.45, 7) is 0. The highest BCUT2D eigenvalue weighted by Crippen LogP contribution is 2.44. The molecule has 1 fully saturated rings. The summed E-state index contributed by atoms with van der Waals surface area (Å²) in [6, 6.07) is 22.1. The predicted molar refractivity (Wildman–Crippen MR) is 101 cm³/mol. The van der Waals surface area contributed by atoms with E-state index in [9.17, 15) is 0 Å². The molecular formula is C18H24N2P2. The zero-order valence-electron chi connectivity index (χ0n) is 13.4. The van der Waals surface area contributed by atoms with Crippen molar-refractivity contribution in [3.05, 3.63) is 60.7 Å². The van der Waals surface area contributed by atoms with Crippen LogP contribution >= 0.6 is 15.8 Å². The molecule has 22 heavy (non-hydrogen) atoms. The van der Waals surface area contributed by atoms with Crippen LogP contribution in [0.15, 0.2) is 60.7 Å². The molecule has 1 aliphatic rings. The predicted octanol–water partition coefficient (Wildman–Crippen LogP) is 3.31. The van der Waals surface area contributed by atoms with E-state index in [1.54, 1.807) is 0 Å². The van der Waals surface area contributed by atoms with Crippen LogP contribution in [0, 0.1) is 0 Å². The standard InChI is InChI=1S/C18H24N2P2/c1-19-13-21(17-9-5-3-6-10-17)15-20(2)16-22(14-19)18-11-7-4-8-12-18/h3-12H,13-16H2,1-2H3. The molecule has 0 atom stereocenters. The van der Waals surface area contributed by atoms with Crippen LogP contribution in [0.1, 0.15) is 0 Å². The highest BCUT2D eigenvalue weighted by Gasteiger charge is 2.24. The van der Waals surface area contributed by atoms with Crippen LogP contribution in [0.5, 0.6) is 0 Å². The summed E-state index contributed by atoms with van der Waals surface area (Å²) in [5, 5.41) is 3.06. The van der Waals surface area contributed by atoms with Crippen molar-refractivity contribution in [3.8, 4) is 0 Å². The van der Waals surface area contributed by atoms with Crippen LogP contribution in [-0.2, 0) is 0 Å². The van der Waals surface area contributed by atoms with Gasteiger partial charge in [0.2, 0.25) is 0 Å². The molecule has 2 nitrogen and oxygen atoms in total. The van der Waals surface area contributed by atoms with Gasteiger partial charge in [-0.2, -0.15) is 0 Å². The highest BCUT2D eigenvalue weighted by molar-refractivity contribution is 7.67. The zero-order valence-corrected chi connectivity index (χ0v) is 15.2. The van der Waals surface area contributed by atoms with Crippen molar-refractivity contribution in [2.75, 3.05) is 39.2 Å². The summed E-state index contributed by atoms with van der Waals surface area (Å²) >= 11 is 0. The molecule has 4 heteroatoms. The molecule has 1 heterocycles. The van der Waals surface area contributed by atoms with E-state index >= 15 is 0 Å². The molecule has 0 amide bonds. The number of hydrogen-bond donors (Lipinski definition) is 0. The van der Waals surface area contributed by atoms with E-state index in [-0.39, 0.29) is 15.8 Å². The van der Waals surface area contributed by atoms with Gasteiger partial charge in [0.25, 0.3) is 0 Å². The van der Waals surface area contributed by atoms with E-state index < -0.39 is 0 Å². The number of rotatable bonds is 2. The Bertz CT molecular complexity index is 511. The van der Waals surface area contributed by atoms with Crippen LogP contribution in [0.3, 0.4) is 0 Å². The molecule has 0 aliphatic carbocycles. The second-order valence-corrected chi connectivity index (χ2v) is 10.4. The van der Waals surface area contributed by atoms with Gasteiger partial charge in [-0.3, -0.25) is 9.80 Å². The summed E-state index contributed by atoms with van der Waals surface area (Å²) in [6.07, 6.45) is 4.81. The van der Waals surface area contributed by atoms with E-state index in [0.29, 0.717) is 0 Å². The molecule has 2 aromatic rings. The van der Waals surface area contributed by atoms with Crippen molar-refractivity contribution in [2.45, 2.75) is 0 Å². The zero-order chi connectivity index (χ0) is 15.4. The van der Waals surface area contributed by atoms with Gasteiger partial charge in [0.05, 0.1) is 0 Å². The van der Waals surface area contributed by atoms with E-state index in [2.05, 4.69) is 84.6 Å². The smallest absolute Gasteiger partial charge is 0.0237 e. The molecule has 0 unspecified atom stereocenters. The minimum absolute atomic E-state index is 0.115. The molecule has 0 aromatic heterocycles. The molecular weight excluding hydrogens is 306 g/mol. The quantitative estimate of drug-likeness (QED) is 0.780.